The highest BCUT2D eigenvalue weighted by Crippen LogP contribution is 2.29. The van der Waals surface area contributed by atoms with Gasteiger partial charge in [-0.15, -0.1) is 0 Å². The molecule has 0 bridgehead atoms. The molecule has 20 heavy (non-hydrogen) atoms. The van der Waals surface area contributed by atoms with Crippen LogP contribution in [0.1, 0.15) is 40.8 Å². The average Bonchev–Trinajstić information content (AvgIpc) is 2.38. The van der Waals surface area contributed by atoms with Crippen LogP contribution >= 0.6 is 15.9 Å². The zero-order chi connectivity index (χ0) is 14.7. The maximum Gasteiger partial charge on any atom is 0.0579 e. The minimum atomic E-state index is 0.246. The molecule has 0 aliphatic rings. The van der Waals surface area contributed by atoms with Crippen LogP contribution in [0.3, 0.4) is 0 Å². The monoisotopic (exact) mass is 331 g/mol. The highest BCUT2D eigenvalue weighted by Gasteiger charge is 2.16. The second kappa shape index (κ2) is 6.55. The van der Waals surface area contributed by atoms with Gasteiger partial charge in [-0.2, -0.15) is 0 Å². The topological polar surface area (TPSA) is 12.0 Å². The molecule has 2 aromatic carbocycles. The fraction of sp³-hybridized carbons (Fsp3) is 0.333. The normalized spacial score (nSPS) is 12.4. The van der Waals surface area contributed by atoms with Gasteiger partial charge in [-0.25, -0.2) is 0 Å². The van der Waals surface area contributed by atoms with Gasteiger partial charge >= 0.3 is 0 Å². The predicted octanol–water partition coefficient (Wildman–Crippen LogP) is 5.07. The van der Waals surface area contributed by atoms with Crippen molar-refractivity contribution in [3.8, 4) is 0 Å². The summed E-state index contributed by atoms with van der Waals surface area (Å²) in [5.41, 5.74) is 6.67. The molecule has 0 heterocycles. The second-order valence-corrected chi connectivity index (χ2v) is 6.26. The Bertz CT molecular complexity index is 584. The van der Waals surface area contributed by atoms with Gasteiger partial charge in [0.1, 0.15) is 0 Å². The Morgan fingerprint density at radius 3 is 2.50 bits per heavy atom. The molecule has 0 aromatic heterocycles. The van der Waals surface area contributed by atoms with Gasteiger partial charge in [-0.1, -0.05) is 47.1 Å². The lowest BCUT2D eigenvalue weighted by Crippen LogP contribution is -2.23. The summed E-state index contributed by atoms with van der Waals surface area (Å²) in [4.78, 5) is 0. The van der Waals surface area contributed by atoms with E-state index in [-0.39, 0.29) is 6.04 Å². The van der Waals surface area contributed by atoms with Crippen LogP contribution < -0.4 is 5.32 Å². The lowest BCUT2D eigenvalue weighted by molar-refractivity contribution is 0.626. The van der Waals surface area contributed by atoms with Crippen LogP contribution in [0, 0.1) is 20.8 Å². The van der Waals surface area contributed by atoms with E-state index in [0.29, 0.717) is 0 Å². The summed E-state index contributed by atoms with van der Waals surface area (Å²) in [5.74, 6) is 0. The van der Waals surface area contributed by atoms with Gasteiger partial charge in [-0.05, 0) is 67.3 Å². The predicted molar refractivity (Wildman–Crippen MR) is 90.3 cm³/mol. The first-order valence-electron chi connectivity index (χ1n) is 7.09. The Labute approximate surface area is 130 Å². The van der Waals surface area contributed by atoms with Gasteiger partial charge in [-0.3, -0.25) is 0 Å². The van der Waals surface area contributed by atoms with Crippen LogP contribution in [0.5, 0.6) is 0 Å². The van der Waals surface area contributed by atoms with E-state index in [1.54, 1.807) is 0 Å². The number of benzene rings is 2. The highest BCUT2D eigenvalue weighted by atomic mass is 79.9. The standard InChI is InChI=1S/C18H22BrN/c1-5-20-18(15-9-12(2)10-16(19)11-15)17-8-6-7-13(3)14(17)4/h6-11,18,20H,5H2,1-4H3. The number of rotatable bonds is 4. The first-order valence-corrected chi connectivity index (χ1v) is 7.88. The third-order valence-corrected chi connectivity index (χ3v) is 4.22. The van der Waals surface area contributed by atoms with E-state index in [4.69, 9.17) is 0 Å². The molecule has 1 N–H and O–H groups in total. The van der Waals surface area contributed by atoms with Crippen LogP contribution in [-0.4, -0.2) is 6.54 Å². The number of halogens is 1. The molecule has 1 nitrogen and oxygen atoms in total. The van der Waals surface area contributed by atoms with Gasteiger partial charge < -0.3 is 5.32 Å². The van der Waals surface area contributed by atoms with Crippen LogP contribution in [0.25, 0.3) is 0 Å². The Hall–Kier alpha value is -1.12. The second-order valence-electron chi connectivity index (χ2n) is 5.34. The van der Waals surface area contributed by atoms with Crippen molar-refractivity contribution in [2.24, 2.45) is 0 Å². The van der Waals surface area contributed by atoms with Crippen LogP contribution in [0.15, 0.2) is 40.9 Å². The van der Waals surface area contributed by atoms with Crippen molar-refractivity contribution in [2.75, 3.05) is 6.54 Å². The molecule has 0 spiro atoms. The van der Waals surface area contributed by atoms with Crippen LogP contribution in [-0.2, 0) is 0 Å². The Kier molecular flexibility index (Phi) is 5.00. The Morgan fingerprint density at radius 2 is 1.85 bits per heavy atom. The molecule has 2 aromatic rings. The Balaban J connectivity index is 2.53. The molecular weight excluding hydrogens is 310 g/mol. The summed E-state index contributed by atoms with van der Waals surface area (Å²) >= 11 is 3.61. The lowest BCUT2D eigenvalue weighted by atomic mass is 9.92. The zero-order valence-electron chi connectivity index (χ0n) is 12.6. The zero-order valence-corrected chi connectivity index (χ0v) is 14.2. The van der Waals surface area contributed by atoms with Gasteiger partial charge in [0, 0.05) is 4.47 Å². The van der Waals surface area contributed by atoms with Crippen molar-refractivity contribution in [1.82, 2.24) is 5.32 Å². The number of nitrogens with one attached hydrogen (secondary N) is 1. The molecule has 2 heteroatoms. The van der Waals surface area contributed by atoms with Crippen molar-refractivity contribution in [3.63, 3.8) is 0 Å². The molecule has 0 amide bonds. The van der Waals surface area contributed by atoms with Gasteiger partial charge in [0.15, 0.2) is 0 Å². The van der Waals surface area contributed by atoms with E-state index >= 15 is 0 Å². The van der Waals surface area contributed by atoms with Gasteiger partial charge in [0.05, 0.1) is 6.04 Å². The molecule has 0 fully saturated rings. The van der Waals surface area contributed by atoms with E-state index in [9.17, 15) is 0 Å². The largest absolute Gasteiger partial charge is 0.307 e. The maximum absolute atomic E-state index is 3.62. The number of hydrogen-bond donors (Lipinski definition) is 1. The minimum absolute atomic E-state index is 0.246. The fourth-order valence-electron chi connectivity index (χ4n) is 2.63. The minimum Gasteiger partial charge on any atom is -0.307 e. The Morgan fingerprint density at radius 1 is 1.10 bits per heavy atom. The fourth-order valence-corrected chi connectivity index (χ4v) is 3.25. The van der Waals surface area contributed by atoms with Gasteiger partial charge in [0.2, 0.25) is 0 Å². The summed E-state index contributed by atoms with van der Waals surface area (Å²) in [5, 5.41) is 3.62. The van der Waals surface area contributed by atoms with E-state index in [1.807, 2.05) is 0 Å². The molecule has 0 saturated heterocycles. The third kappa shape index (κ3) is 3.31. The van der Waals surface area contributed by atoms with E-state index < -0.39 is 0 Å². The smallest absolute Gasteiger partial charge is 0.0579 e. The molecule has 0 aliphatic heterocycles. The molecular formula is C18H22BrN. The summed E-state index contributed by atoms with van der Waals surface area (Å²) in [6.07, 6.45) is 0. The summed E-state index contributed by atoms with van der Waals surface area (Å²) < 4.78 is 1.14. The van der Waals surface area contributed by atoms with E-state index in [1.165, 1.54) is 27.8 Å². The van der Waals surface area contributed by atoms with Crippen molar-refractivity contribution in [2.45, 2.75) is 33.7 Å². The first kappa shape index (κ1) is 15.3. The van der Waals surface area contributed by atoms with Crippen LogP contribution in [0.4, 0.5) is 0 Å². The molecule has 0 radical (unpaired) electrons. The quantitative estimate of drug-likeness (QED) is 0.824. The lowest BCUT2D eigenvalue weighted by Gasteiger charge is -2.22. The van der Waals surface area contributed by atoms with Crippen LogP contribution in [0.2, 0.25) is 0 Å². The number of hydrogen-bond acceptors (Lipinski definition) is 1. The molecule has 2 rings (SSSR count). The average molecular weight is 332 g/mol. The first-order chi connectivity index (χ1) is 9.52. The summed E-state index contributed by atoms with van der Waals surface area (Å²) in [6.45, 7) is 9.63. The highest BCUT2D eigenvalue weighted by molar-refractivity contribution is 9.10. The maximum atomic E-state index is 3.62. The summed E-state index contributed by atoms with van der Waals surface area (Å²) in [7, 11) is 0. The SMILES string of the molecule is CCNC(c1cc(C)cc(Br)c1)c1cccc(C)c1C. The summed E-state index contributed by atoms with van der Waals surface area (Å²) in [6, 6.07) is 13.4. The molecule has 1 unspecified atom stereocenters. The molecule has 106 valence electrons. The van der Waals surface area contributed by atoms with Gasteiger partial charge in [0.25, 0.3) is 0 Å². The van der Waals surface area contributed by atoms with E-state index in [2.05, 4.69) is 85.3 Å². The molecule has 1 atom stereocenters. The number of aryl methyl sites for hydroxylation is 2. The molecule has 0 aliphatic carbocycles. The van der Waals surface area contributed by atoms with E-state index in [0.717, 1.165) is 11.0 Å². The van der Waals surface area contributed by atoms with Crippen molar-refractivity contribution >= 4 is 15.9 Å². The van der Waals surface area contributed by atoms with Crippen molar-refractivity contribution in [3.05, 3.63) is 68.7 Å². The third-order valence-electron chi connectivity index (χ3n) is 3.76. The van der Waals surface area contributed by atoms with Crippen molar-refractivity contribution < 1.29 is 0 Å². The van der Waals surface area contributed by atoms with Crippen molar-refractivity contribution in [1.29, 1.82) is 0 Å². The molecule has 0 saturated carbocycles.